The highest BCUT2D eigenvalue weighted by Gasteiger charge is 2.23. The van der Waals surface area contributed by atoms with Crippen LogP contribution in [-0.2, 0) is 22.7 Å². The van der Waals surface area contributed by atoms with Gasteiger partial charge < -0.3 is 10.2 Å². The van der Waals surface area contributed by atoms with E-state index in [1.54, 1.807) is 25.3 Å². The Morgan fingerprint density at radius 1 is 1.21 bits per heavy atom. The minimum Gasteiger partial charge on any atom is -0.349 e. The first kappa shape index (κ1) is 17.9. The van der Waals surface area contributed by atoms with E-state index >= 15 is 0 Å². The Labute approximate surface area is 146 Å². The molecule has 1 aromatic carbocycles. The molecule has 0 unspecified atom stereocenters. The zero-order chi connectivity index (χ0) is 17.5. The van der Waals surface area contributed by atoms with Crippen LogP contribution in [0.25, 0.3) is 0 Å². The number of hydrogen-bond donors (Lipinski definition) is 1. The third-order valence-electron chi connectivity index (χ3n) is 3.69. The average Bonchev–Trinajstić information content (AvgIpc) is 2.59. The fraction of sp³-hybridized carbons (Fsp3) is 0.278. The highest BCUT2D eigenvalue weighted by atomic mass is 35.5. The van der Waals surface area contributed by atoms with Crippen LogP contribution in [0.2, 0.25) is 5.02 Å². The van der Waals surface area contributed by atoms with Gasteiger partial charge in [0.15, 0.2) is 0 Å². The molecule has 1 aromatic heterocycles. The second-order valence-corrected chi connectivity index (χ2v) is 5.92. The number of rotatable bonds is 6. The van der Waals surface area contributed by atoms with Gasteiger partial charge in [0.05, 0.1) is 12.2 Å². The van der Waals surface area contributed by atoms with Gasteiger partial charge in [-0.25, -0.2) is 0 Å². The molecule has 0 spiro atoms. The Bertz CT molecular complexity index is 689. The summed E-state index contributed by atoms with van der Waals surface area (Å²) < 4.78 is 0. The Balaban J connectivity index is 1.99. The van der Waals surface area contributed by atoms with Crippen LogP contribution >= 0.6 is 11.6 Å². The van der Waals surface area contributed by atoms with E-state index in [0.29, 0.717) is 18.1 Å². The lowest BCUT2D eigenvalue weighted by Gasteiger charge is -2.27. The van der Waals surface area contributed by atoms with Crippen molar-refractivity contribution in [3.8, 4) is 0 Å². The second-order valence-electron chi connectivity index (χ2n) is 5.49. The first-order valence-electron chi connectivity index (χ1n) is 7.66. The van der Waals surface area contributed by atoms with Gasteiger partial charge >= 0.3 is 0 Å². The average molecular weight is 346 g/mol. The zero-order valence-electron chi connectivity index (χ0n) is 13.7. The van der Waals surface area contributed by atoms with Crippen molar-refractivity contribution < 1.29 is 9.59 Å². The fourth-order valence-corrected chi connectivity index (χ4v) is 2.40. The molecule has 1 N–H and O–H groups in total. The van der Waals surface area contributed by atoms with E-state index in [1.165, 1.54) is 11.8 Å². The van der Waals surface area contributed by atoms with E-state index in [9.17, 15) is 9.59 Å². The molecular weight excluding hydrogens is 326 g/mol. The summed E-state index contributed by atoms with van der Waals surface area (Å²) in [4.78, 5) is 30.0. The molecule has 1 heterocycles. The molecule has 0 radical (unpaired) electrons. The summed E-state index contributed by atoms with van der Waals surface area (Å²) in [6, 6.07) is 12.1. The lowest BCUT2D eigenvalue weighted by molar-refractivity contribution is -0.139. The number of carbonyl (C=O) groups excluding carboxylic acids is 2. The van der Waals surface area contributed by atoms with Crippen molar-refractivity contribution in [1.29, 1.82) is 0 Å². The van der Waals surface area contributed by atoms with E-state index in [0.717, 1.165) is 11.3 Å². The highest BCUT2D eigenvalue weighted by Crippen LogP contribution is 2.13. The van der Waals surface area contributed by atoms with Gasteiger partial charge in [-0.2, -0.15) is 0 Å². The number of amides is 2. The van der Waals surface area contributed by atoms with E-state index in [2.05, 4.69) is 10.3 Å². The second kappa shape index (κ2) is 8.45. The molecule has 0 fully saturated rings. The van der Waals surface area contributed by atoms with E-state index in [-0.39, 0.29) is 11.8 Å². The maximum absolute atomic E-state index is 12.4. The highest BCUT2D eigenvalue weighted by molar-refractivity contribution is 6.30. The Kier molecular flexibility index (Phi) is 6.32. The molecular formula is C18H20ClN3O2. The minimum atomic E-state index is -0.582. The van der Waals surface area contributed by atoms with Crippen LogP contribution in [0.15, 0.2) is 48.7 Å². The van der Waals surface area contributed by atoms with Crippen LogP contribution in [-0.4, -0.2) is 27.7 Å². The topological polar surface area (TPSA) is 62.3 Å². The largest absolute Gasteiger partial charge is 0.349 e. The lowest BCUT2D eigenvalue weighted by Crippen LogP contribution is -2.46. The zero-order valence-corrected chi connectivity index (χ0v) is 14.5. The molecule has 0 aliphatic heterocycles. The van der Waals surface area contributed by atoms with Gasteiger partial charge in [-0.1, -0.05) is 29.8 Å². The summed E-state index contributed by atoms with van der Waals surface area (Å²) in [6.45, 7) is 3.85. The third-order valence-corrected chi connectivity index (χ3v) is 3.94. The molecule has 1 atom stereocenters. The molecule has 126 valence electrons. The molecule has 0 bridgehead atoms. The summed E-state index contributed by atoms with van der Waals surface area (Å²) in [7, 11) is 0. The summed E-state index contributed by atoms with van der Waals surface area (Å²) in [6.07, 6.45) is 1.67. The number of carbonyl (C=O) groups is 2. The van der Waals surface area contributed by atoms with Crippen molar-refractivity contribution in [2.45, 2.75) is 33.0 Å². The number of benzene rings is 1. The summed E-state index contributed by atoms with van der Waals surface area (Å²) in [5.41, 5.74) is 1.68. The molecule has 5 nitrogen and oxygen atoms in total. The van der Waals surface area contributed by atoms with Gasteiger partial charge in [0.1, 0.15) is 6.04 Å². The van der Waals surface area contributed by atoms with Crippen LogP contribution in [0.1, 0.15) is 25.1 Å². The van der Waals surface area contributed by atoms with Gasteiger partial charge in [0.2, 0.25) is 11.8 Å². The van der Waals surface area contributed by atoms with Crippen LogP contribution in [0, 0.1) is 0 Å². The molecule has 0 aliphatic carbocycles. The quantitative estimate of drug-likeness (QED) is 0.875. The maximum atomic E-state index is 12.4. The third kappa shape index (κ3) is 5.06. The minimum absolute atomic E-state index is 0.162. The summed E-state index contributed by atoms with van der Waals surface area (Å²) >= 11 is 5.87. The van der Waals surface area contributed by atoms with Crippen molar-refractivity contribution in [3.05, 3.63) is 64.9 Å². The van der Waals surface area contributed by atoms with Gasteiger partial charge in [-0.3, -0.25) is 14.6 Å². The van der Waals surface area contributed by atoms with E-state index < -0.39 is 6.04 Å². The lowest BCUT2D eigenvalue weighted by atomic mass is 10.1. The number of aromatic nitrogens is 1. The van der Waals surface area contributed by atoms with Crippen molar-refractivity contribution in [2.24, 2.45) is 0 Å². The van der Waals surface area contributed by atoms with Gasteiger partial charge in [0, 0.05) is 24.7 Å². The number of nitrogens with zero attached hydrogens (tertiary/aromatic N) is 2. The molecule has 0 saturated heterocycles. The molecule has 0 saturated carbocycles. The fourth-order valence-electron chi connectivity index (χ4n) is 2.28. The van der Waals surface area contributed by atoms with Crippen molar-refractivity contribution in [2.75, 3.05) is 0 Å². The number of hydrogen-bond acceptors (Lipinski definition) is 3. The number of nitrogens with one attached hydrogen (secondary N) is 1. The Morgan fingerprint density at radius 2 is 1.92 bits per heavy atom. The number of halogens is 1. The molecule has 24 heavy (non-hydrogen) atoms. The number of pyridine rings is 1. The van der Waals surface area contributed by atoms with Crippen molar-refractivity contribution in [1.82, 2.24) is 15.2 Å². The monoisotopic (exact) mass is 345 g/mol. The predicted molar refractivity (Wildman–Crippen MR) is 93.2 cm³/mol. The van der Waals surface area contributed by atoms with E-state index in [4.69, 9.17) is 11.6 Å². The molecule has 2 rings (SSSR count). The first-order chi connectivity index (χ1) is 11.5. The van der Waals surface area contributed by atoms with Crippen LogP contribution in [0.5, 0.6) is 0 Å². The molecule has 0 aliphatic rings. The summed E-state index contributed by atoms with van der Waals surface area (Å²) in [5.74, 6) is -0.379. The van der Waals surface area contributed by atoms with Crippen LogP contribution < -0.4 is 5.32 Å². The molecule has 6 heteroatoms. The van der Waals surface area contributed by atoms with Gasteiger partial charge in [-0.15, -0.1) is 0 Å². The summed E-state index contributed by atoms with van der Waals surface area (Å²) in [5, 5.41) is 3.45. The van der Waals surface area contributed by atoms with Crippen LogP contribution in [0.4, 0.5) is 0 Å². The standard InChI is InChI=1S/C18H20ClN3O2/c1-13(18(24)21-11-17-5-3-4-10-20-17)22(14(2)23)12-15-6-8-16(19)9-7-15/h3-10,13H,11-12H2,1-2H3,(H,21,24)/t13-/m1/s1. The van der Waals surface area contributed by atoms with E-state index in [1.807, 2.05) is 30.3 Å². The van der Waals surface area contributed by atoms with Gasteiger partial charge in [0.25, 0.3) is 0 Å². The van der Waals surface area contributed by atoms with Crippen molar-refractivity contribution in [3.63, 3.8) is 0 Å². The Morgan fingerprint density at radius 3 is 2.50 bits per heavy atom. The normalized spacial score (nSPS) is 11.6. The first-order valence-corrected chi connectivity index (χ1v) is 8.04. The predicted octanol–water partition coefficient (Wildman–Crippen LogP) is 2.79. The molecule has 2 amide bonds. The van der Waals surface area contributed by atoms with Crippen molar-refractivity contribution >= 4 is 23.4 Å². The molecule has 2 aromatic rings. The SMILES string of the molecule is CC(=O)N(Cc1ccc(Cl)cc1)[C@H](C)C(=O)NCc1ccccn1. The van der Waals surface area contributed by atoms with Gasteiger partial charge in [-0.05, 0) is 36.8 Å². The maximum Gasteiger partial charge on any atom is 0.242 e. The Hall–Kier alpha value is -2.40. The van der Waals surface area contributed by atoms with Crippen LogP contribution in [0.3, 0.4) is 0 Å². The smallest absolute Gasteiger partial charge is 0.242 e.